The van der Waals surface area contributed by atoms with Crippen LogP contribution in [0.25, 0.3) is 0 Å². The molecule has 14 heavy (non-hydrogen) atoms. The molecule has 0 amide bonds. The van der Waals surface area contributed by atoms with Crippen LogP contribution in [0.15, 0.2) is 12.1 Å². The third kappa shape index (κ3) is 3.59. The van der Waals surface area contributed by atoms with E-state index in [4.69, 9.17) is 5.11 Å². The van der Waals surface area contributed by atoms with Gasteiger partial charge in [0.2, 0.25) is 0 Å². The monoisotopic (exact) mass is 336 g/mol. The van der Waals surface area contributed by atoms with Gasteiger partial charge in [0, 0.05) is 44.4 Å². The van der Waals surface area contributed by atoms with Crippen LogP contribution in [-0.4, -0.2) is 16.2 Å². The maximum atomic E-state index is 10.5. The summed E-state index contributed by atoms with van der Waals surface area (Å²) in [5, 5.41) is 18.0. The van der Waals surface area contributed by atoms with Gasteiger partial charge in [0.1, 0.15) is 5.75 Å². The van der Waals surface area contributed by atoms with Crippen molar-refractivity contribution in [2.45, 2.75) is 13.8 Å². The molecule has 0 aromatic heterocycles. The number of carboxylic acid groups (broad SMARTS) is 1. The van der Waals surface area contributed by atoms with Crippen molar-refractivity contribution in [3.63, 3.8) is 0 Å². The first-order valence-corrected chi connectivity index (χ1v) is 3.56. The largest absolute Gasteiger partial charge is 0.507 e. The topological polar surface area (TPSA) is 57.5 Å². The number of phenols is 1. The molecule has 0 aliphatic rings. The Morgan fingerprint density at radius 2 is 1.57 bits per heavy atom. The number of hydrogen-bond donors (Lipinski definition) is 2. The van der Waals surface area contributed by atoms with E-state index < -0.39 is 5.97 Å². The number of phenolic OH excluding ortho intramolecular Hbond substituents is 1. The molecule has 0 atom stereocenters. The van der Waals surface area contributed by atoms with Crippen LogP contribution in [0.1, 0.15) is 21.5 Å². The Morgan fingerprint density at radius 1 is 1.21 bits per heavy atom. The Bertz CT molecular complexity index is 316. The molecule has 74 valence electrons. The fourth-order valence-electron chi connectivity index (χ4n) is 1.08. The van der Waals surface area contributed by atoms with Gasteiger partial charge in [-0.25, -0.2) is 4.79 Å². The maximum Gasteiger partial charge on any atom is 0.335 e. The minimum absolute atomic E-state index is 0. The van der Waals surface area contributed by atoms with Gasteiger partial charge in [0.25, 0.3) is 0 Å². The van der Waals surface area contributed by atoms with Crippen LogP contribution < -0.4 is 0 Å². The summed E-state index contributed by atoms with van der Waals surface area (Å²) in [5.41, 5.74) is 1.39. The summed E-state index contributed by atoms with van der Waals surface area (Å²) < 4.78 is 0. The molecule has 1 aromatic rings. The zero-order chi connectivity index (χ0) is 9.30. The predicted octanol–water partition coefficient (Wildman–Crippen LogP) is 1.70. The molecule has 0 spiro atoms. The van der Waals surface area contributed by atoms with E-state index in [-0.39, 0.29) is 55.7 Å². The number of carbonyl (C=O) groups is 1. The van der Waals surface area contributed by atoms with Gasteiger partial charge in [0.05, 0.1) is 5.56 Å². The first-order valence-electron chi connectivity index (χ1n) is 3.56. The first-order chi connectivity index (χ1) is 5.52. The van der Waals surface area contributed by atoms with Gasteiger partial charge < -0.3 is 10.2 Å². The van der Waals surface area contributed by atoms with E-state index in [9.17, 15) is 9.90 Å². The molecule has 0 fully saturated rings. The number of aryl methyl sites for hydroxylation is 2. The average Bonchev–Trinajstić information content (AvgIpc) is 1.99. The van der Waals surface area contributed by atoms with Crippen LogP contribution in [0.4, 0.5) is 0 Å². The van der Waals surface area contributed by atoms with Gasteiger partial charge in [-0.2, -0.15) is 0 Å². The van der Waals surface area contributed by atoms with Crippen molar-refractivity contribution in [1.29, 1.82) is 0 Å². The third-order valence-corrected chi connectivity index (χ3v) is 1.74. The molecule has 0 heterocycles. The summed E-state index contributed by atoms with van der Waals surface area (Å²) in [4.78, 5) is 10.5. The number of aromatic hydroxyl groups is 1. The third-order valence-electron chi connectivity index (χ3n) is 1.74. The summed E-state index contributed by atoms with van der Waals surface area (Å²) in [6.07, 6.45) is 0. The Balaban J connectivity index is 0. The summed E-state index contributed by atoms with van der Waals surface area (Å²) >= 11 is 0. The Labute approximate surface area is 113 Å². The average molecular weight is 334 g/mol. The van der Waals surface area contributed by atoms with Gasteiger partial charge in [0.15, 0.2) is 0 Å². The van der Waals surface area contributed by atoms with Crippen LogP contribution in [0, 0.1) is 13.8 Å². The molecule has 0 aliphatic carbocycles. The predicted molar refractivity (Wildman–Crippen MR) is 44.5 cm³/mol. The summed E-state index contributed by atoms with van der Waals surface area (Å²) in [7, 11) is 0. The molecule has 0 saturated carbocycles. The smallest absolute Gasteiger partial charge is 0.335 e. The van der Waals surface area contributed by atoms with Gasteiger partial charge in [-0.05, 0) is 37.1 Å². The SMILES string of the molecule is Cc1cc(C(=O)O)cc(C)c1O.[Cd].[Fe]. The van der Waals surface area contributed by atoms with Crippen molar-refractivity contribution < 1.29 is 59.4 Å². The van der Waals surface area contributed by atoms with E-state index in [2.05, 4.69) is 0 Å². The molecule has 2 N–H and O–H groups in total. The second kappa shape index (κ2) is 6.42. The van der Waals surface area contributed by atoms with Crippen LogP contribution in [0.2, 0.25) is 0 Å². The van der Waals surface area contributed by atoms with Crippen molar-refractivity contribution >= 4 is 5.97 Å². The number of carboxylic acids is 1. The van der Waals surface area contributed by atoms with Gasteiger partial charge in [-0.1, -0.05) is 0 Å². The first kappa shape index (κ1) is 16.4. The molecule has 0 bridgehead atoms. The van der Waals surface area contributed by atoms with E-state index >= 15 is 0 Å². The summed E-state index contributed by atoms with van der Waals surface area (Å²) in [6, 6.07) is 2.90. The minimum atomic E-state index is -0.971. The molecule has 3 nitrogen and oxygen atoms in total. The van der Waals surface area contributed by atoms with Crippen LogP contribution >= 0.6 is 0 Å². The van der Waals surface area contributed by atoms with Crippen LogP contribution in [0.3, 0.4) is 0 Å². The molecule has 5 heteroatoms. The number of hydrogen-bond acceptors (Lipinski definition) is 2. The molecule has 1 rings (SSSR count). The summed E-state index contributed by atoms with van der Waals surface area (Å²) in [6.45, 7) is 3.35. The van der Waals surface area contributed by atoms with E-state index in [1.165, 1.54) is 12.1 Å². The molecule has 0 saturated heterocycles. The fraction of sp³-hybridized carbons (Fsp3) is 0.222. The fourth-order valence-corrected chi connectivity index (χ4v) is 1.08. The maximum absolute atomic E-state index is 10.5. The Kier molecular flexibility index (Phi) is 7.51. The molecule has 0 aliphatic heterocycles. The molecular weight excluding hydrogens is 324 g/mol. The Morgan fingerprint density at radius 3 is 1.86 bits per heavy atom. The minimum Gasteiger partial charge on any atom is -0.507 e. The van der Waals surface area contributed by atoms with E-state index in [1.807, 2.05) is 0 Å². The molecule has 1 aromatic carbocycles. The van der Waals surface area contributed by atoms with E-state index in [0.29, 0.717) is 11.1 Å². The van der Waals surface area contributed by atoms with Crippen molar-refractivity contribution in [2.75, 3.05) is 0 Å². The standard InChI is InChI=1S/C9H10O3.Cd.Fe/c1-5-3-7(9(11)12)4-6(2)8(5)10;;/h3-4,10H,1-2H3,(H,11,12);;. The van der Waals surface area contributed by atoms with Crippen molar-refractivity contribution in [1.82, 2.24) is 0 Å². The second-order valence-corrected chi connectivity index (χ2v) is 2.76. The zero-order valence-electron chi connectivity index (χ0n) is 8.02. The van der Waals surface area contributed by atoms with E-state index in [1.54, 1.807) is 13.8 Å². The van der Waals surface area contributed by atoms with E-state index in [0.717, 1.165) is 0 Å². The van der Waals surface area contributed by atoms with Crippen LogP contribution in [0.5, 0.6) is 5.75 Å². The van der Waals surface area contributed by atoms with Gasteiger partial charge in [-0.3, -0.25) is 0 Å². The van der Waals surface area contributed by atoms with Crippen molar-refractivity contribution in [2.24, 2.45) is 0 Å². The molecular formula is C9H10CdFeO3. The second-order valence-electron chi connectivity index (χ2n) is 2.76. The van der Waals surface area contributed by atoms with Gasteiger partial charge >= 0.3 is 5.97 Å². The number of aromatic carboxylic acids is 1. The molecule has 0 unspecified atom stereocenters. The summed E-state index contributed by atoms with van der Waals surface area (Å²) in [5.74, 6) is -0.804. The molecule has 0 radical (unpaired) electrons. The number of rotatable bonds is 1. The van der Waals surface area contributed by atoms with Gasteiger partial charge in [-0.15, -0.1) is 0 Å². The number of benzene rings is 1. The van der Waals surface area contributed by atoms with Crippen molar-refractivity contribution in [3.05, 3.63) is 28.8 Å². The van der Waals surface area contributed by atoms with Crippen LogP contribution in [-0.2, 0) is 44.4 Å². The normalized spacial score (nSPS) is 8.43. The quantitative estimate of drug-likeness (QED) is 0.769. The Hall–Kier alpha value is -0.0684. The zero-order valence-corrected chi connectivity index (χ0v) is 13.2. The van der Waals surface area contributed by atoms with Crippen molar-refractivity contribution in [3.8, 4) is 5.75 Å².